The number of hydrogen-bond acceptors (Lipinski definition) is 3. The average Bonchev–Trinajstić information content (AvgIpc) is 2.77. The van der Waals surface area contributed by atoms with Crippen molar-refractivity contribution in [2.75, 3.05) is 0 Å². The van der Waals surface area contributed by atoms with Crippen molar-refractivity contribution in [1.29, 1.82) is 0 Å². The highest BCUT2D eigenvalue weighted by Gasteiger charge is 2.22. The normalized spacial score (nSPS) is 11.3. The molecule has 0 radical (unpaired) electrons. The highest BCUT2D eigenvalue weighted by molar-refractivity contribution is 7.64. The van der Waals surface area contributed by atoms with E-state index in [0.717, 1.165) is 12.5 Å². The van der Waals surface area contributed by atoms with Gasteiger partial charge in [-0.15, -0.1) is 33.2 Å². The molecule has 0 fully saturated rings. The third-order valence-corrected chi connectivity index (χ3v) is 4.66. The molecule has 4 nitrogen and oxygen atoms in total. The zero-order valence-electron chi connectivity index (χ0n) is 8.95. The molecule has 8 heteroatoms. The quantitative estimate of drug-likeness (QED) is 0.353. The molecule has 0 saturated carbocycles. The van der Waals surface area contributed by atoms with Gasteiger partial charge in [0, 0.05) is 0 Å². The van der Waals surface area contributed by atoms with E-state index >= 15 is 0 Å². The Morgan fingerprint density at radius 3 is 2.24 bits per heavy atom. The minimum absolute atomic E-state index is 0.0532. The van der Waals surface area contributed by atoms with Crippen LogP contribution in [0, 0.1) is 10.1 Å². The lowest BCUT2D eigenvalue weighted by Crippen LogP contribution is -2.06. The van der Waals surface area contributed by atoms with Crippen molar-refractivity contribution in [2.24, 2.45) is 0 Å². The molecule has 0 aliphatic rings. The van der Waals surface area contributed by atoms with E-state index < -0.39 is 10.9 Å². The molecule has 0 aliphatic heterocycles. The Hall–Kier alpha value is -0.493. The van der Waals surface area contributed by atoms with Gasteiger partial charge in [-0.3, -0.25) is 10.1 Å². The average molecular weight is 315 g/mol. The molecule has 2 bridgehead atoms. The van der Waals surface area contributed by atoms with Crippen LogP contribution >= 0.6 is 33.2 Å². The predicted octanol–water partition coefficient (Wildman–Crippen LogP) is 4.83. The molecule has 2 heterocycles. The maximum atomic E-state index is 10.2. The van der Waals surface area contributed by atoms with Gasteiger partial charge in [-0.05, 0) is 18.2 Å². The van der Waals surface area contributed by atoms with E-state index in [1.54, 1.807) is 12.1 Å². The number of furan rings is 2. The largest absolute Gasteiger partial charge is 0.450 e. The summed E-state index contributed by atoms with van der Waals surface area (Å²) >= 11 is 16.5. The summed E-state index contributed by atoms with van der Waals surface area (Å²) in [7, 11) is 0. The molecule has 94 valence electrons. The Bertz CT molecular complexity index is 482. The lowest BCUT2D eigenvalue weighted by Gasteiger charge is -2.01. The summed E-state index contributed by atoms with van der Waals surface area (Å²) < 4.78 is 4.93. The molecule has 0 saturated heterocycles. The molecule has 0 amide bonds. The maximum absolute atomic E-state index is 10.2. The fraction of sp³-hybridized carbons (Fsp3) is 0.333. The Balaban J connectivity index is 0.000000185. The van der Waals surface area contributed by atoms with E-state index in [4.69, 9.17) is 37.7 Å². The van der Waals surface area contributed by atoms with Crippen LogP contribution in [0.3, 0.4) is 0 Å². The molecular weight excluding hydrogens is 305 g/mol. The SMILES string of the molecule is CCC[Si](Cl)(Cl)Cl.O=[N+]([O-])c1cc2ccc1o2. The molecule has 2 aromatic heterocycles. The van der Waals surface area contributed by atoms with Crippen molar-refractivity contribution in [3.63, 3.8) is 0 Å². The molecule has 0 spiro atoms. The van der Waals surface area contributed by atoms with Crippen LogP contribution in [0.5, 0.6) is 0 Å². The van der Waals surface area contributed by atoms with Crippen molar-refractivity contribution in [3.05, 3.63) is 28.3 Å². The first-order valence-corrected chi connectivity index (χ1v) is 10.1. The summed E-state index contributed by atoms with van der Waals surface area (Å²) in [5.41, 5.74) is 0.958. The number of non-ortho nitro benzene ring substituents is 1. The number of rotatable bonds is 3. The summed E-state index contributed by atoms with van der Waals surface area (Å²) in [5, 5.41) is 10.2. The van der Waals surface area contributed by atoms with E-state index in [1.807, 2.05) is 6.92 Å². The first kappa shape index (κ1) is 14.6. The number of nitro groups is 1. The van der Waals surface area contributed by atoms with Gasteiger partial charge in [0.15, 0.2) is 0 Å². The van der Waals surface area contributed by atoms with E-state index in [2.05, 4.69) is 0 Å². The van der Waals surface area contributed by atoms with Crippen molar-refractivity contribution >= 4 is 56.1 Å². The Morgan fingerprint density at radius 1 is 1.41 bits per heavy atom. The molecule has 0 aliphatic carbocycles. The second-order valence-corrected chi connectivity index (χ2v) is 12.6. The molecule has 17 heavy (non-hydrogen) atoms. The van der Waals surface area contributed by atoms with Crippen LogP contribution in [-0.4, -0.2) is 10.9 Å². The lowest BCUT2D eigenvalue weighted by atomic mass is 10.3. The van der Waals surface area contributed by atoms with Crippen molar-refractivity contribution < 1.29 is 9.34 Å². The molecule has 2 aromatic rings. The number of nitrogens with zero attached hydrogens (tertiary/aromatic N) is 1. The Kier molecular flexibility index (Phi) is 5.06. The second kappa shape index (κ2) is 5.91. The fourth-order valence-corrected chi connectivity index (χ4v) is 3.47. The van der Waals surface area contributed by atoms with Crippen LogP contribution in [0.25, 0.3) is 11.2 Å². The predicted molar refractivity (Wildman–Crippen MR) is 72.5 cm³/mol. The Morgan fingerprint density at radius 2 is 2.06 bits per heavy atom. The van der Waals surface area contributed by atoms with Gasteiger partial charge in [-0.1, -0.05) is 13.3 Å². The minimum Gasteiger partial charge on any atom is -0.450 e. The molecular formula is C9H10Cl3NO3Si. The zero-order valence-corrected chi connectivity index (χ0v) is 12.2. The monoisotopic (exact) mass is 313 g/mol. The second-order valence-electron chi connectivity index (χ2n) is 3.35. The number of halogens is 3. The first-order valence-electron chi connectivity index (χ1n) is 4.86. The summed E-state index contributed by atoms with van der Waals surface area (Å²) in [6.07, 6.45) is 0.975. The number of fused-ring (bicyclic) bond motifs is 2. The van der Waals surface area contributed by atoms with Gasteiger partial charge < -0.3 is 4.42 Å². The van der Waals surface area contributed by atoms with Crippen LogP contribution < -0.4 is 0 Å². The standard InChI is InChI=1S/C6H3NO3.C3H7Cl3Si/c8-7(9)5-3-4-1-2-6(5)10-4;1-2-3-7(4,5)6/h1-3H;2-3H2,1H3. The van der Waals surface area contributed by atoms with Crippen LogP contribution in [0.15, 0.2) is 22.6 Å². The fourth-order valence-electron chi connectivity index (χ4n) is 1.20. The molecule has 0 atom stereocenters. The number of hydrogen-bond donors (Lipinski definition) is 0. The van der Waals surface area contributed by atoms with Gasteiger partial charge >= 0.3 is 11.7 Å². The molecule has 0 N–H and O–H groups in total. The van der Waals surface area contributed by atoms with Gasteiger partial charge in [0.25, 0.3) is 0 Å². The van der Waals surface area contributed by atoms with E-state index in [0.29, 0.717) is 11.2 Å². The molecule has 2 rings (SSSR count). The third kappa shape index (κ3) is 4.71. The van der Waals surface area contributed by atoms with Crippen molar-refractivity contribution in [3.8, 4) is 0 Å². The summed E-state index contributed by atoms with van der Waals surface area (Å²) in [5.74, 6) is 0. The van der Waals surface area contributed by atoms with E-state index in [9.17, 15) is 10.1 Å². The molecule has 0 aromatic carbocycles. The van der Waals surface area contributed by atoms with Crippen LogP contribution in [-0.2, 0) is 0 Å². The van der Waals surface area contributed by atoms with Gasteiger partial charge in [0.2, 0.25) is 5.58 Å². The van der Waals surface area contributed by atoms with Crippen LogP contribution in [0.4, 0.5) is 5.69 Å². The van der Waals surface area contributed by atoms with Gasteiger partial charge in [-0.25, -0.2) is 0 Å². The smallest absolute Gasteiger partial charge is 0.341 e. The lowest BCUT2D eigenvalue weighted by molar-refractivity contribution is -0.383. The highest BCUT2D eigenvalue weighted by Crippen LogP contribution is 2.28. The van der Waals surface area contributed by atoms with Gasteiger partial charge in [0.05, 0.1) is 11.0 Å². The number of benzene rings is 1. The summed E-state index contributed by atoms with van der Waals surface area (Å²) in [6, 6.07) is 3.23. The highest BCUT2D eigenvalue weighted by atomic mass is 35.8. The van der Waals surface area contributed by atoms with Crippen LogP contribution in [0.1, 0.15) is 13.3 Å². The molecule has 0 unspecified atom stereocenters. The van der Waals surface area contributed by atoms with Crippen molar-refractivity contribution in [1.82, 2.24) is 0 Å². The Labute approximate surface area is 113 Å². The van der Waals surface area contributed by atoms with Gasteiger partial charge in [-0.2, -0.15) is 0 Å². The number of nitro benzene ring substituents is 1. The maximum Gasteiger partial charge on any atom is 0.341 e. The zero-order chi connectivity index (χ0) is 13.1. The van der Waals surface area contributed by atoms with Crippen molar-refractivity contribution in [2.45, 2.75) is 19.4 Å². The summed E-state index contributed by atoms with van der Waals surface area (Å²) in [6.45, 7) is 2.01. The van der Waals surface area contributed by atoms with E-state index in [-0.39, 0.29) is 5.69 Å². The first-order chi connectivity index (χ1) is 7.83. The summed E-state index contributed by atoms with van der Waals surface area (Å²) in [4.78, 5) is 9.73. The van der Waals surface area contributed by atoms with E-state index in [1.165, 1.54) is 6.07 Å². The minimum atomic E-state index is -2.24. The third-order valence-electron chi connectivity index (χ3n) is 1.89. The van der Waals surface area contributed by atoms with Gasteiger partial charge in [0.1, 0.15) is 5.58 Å². The van der Waals surface area contributed by atoms with Crippen LogP contribution in [0.2, 0.25) is 6.04 Å². The topological polar surface area (TPSA) is 56.3 Å².